The number of thioether (sulfide) groups is 1. The standard InChI is InChI=1S/C21H29N3O3S2/c25-20(22-16-6-4-2-1-3-5-7-16)12-15-8-10-17(11-9-15)23-21-24-18-13-29(26,27)14-19(18)28-21/h8-11,16,18-19H,1-7,12-14H2,(H,22,25)(H,23,24)/t18-,19-/m0/s1. The third kappa shape index (κ3) is 5.75. The SMILES string of the molecule is O=C(Cc1ccc(NC2=N[C@H]3CS(=O)(=O)C[C@@H]3S2)cc1)NC1CCCCCCC1. The van der Waals surface area contributed by atoms with E-state index in [0.29, 0.717) is 12.5 Å². The summed E-state index contributed by atoms with van der Waals surface area (Å²) in [7, 11) is -2.93. The lowest BCUT2D eigenvalue weighted by molar-refractivity contribution is -0.121. The highest BCUT2D eigenvalue weighted by atomic mass is 32.2. The van der Waals surface area contributed by atoms with Crippen molar-refractivity contribution in [1.82, 2.24) is 5.32 Å². The minimum atomic E-state index is -2.93. The second-order valence-corrected chi connectivity index (χ2v) is 11.7. The van der Waals surface area contributed by atoms with Crippen molar-refractivity contribution in [2.75, 3.05) is 16.8 Å². The summed E-state index contributed by atoms with van der Waals surface area (Å²) in [5.41, 5.74) is 1.89. The molecular formula is C21H29N3O3S2. The number of hydrogen-bond donors (Lipinski definition) is 2. The number of nitrogens with one attached hydrogen (secondary N) is 2. The largest absolute Gasteiger partial charge is 0.353 e. The minimum Gasteiger partial charge on any atom is -0.353 e. The first-order valence-electron chi connectivity index (χ1n) is 10.6. The molecular weight excluding hydrogens is 406 g/mol. The van der Waals surface area contributed by atoms with E-state index in [9.17, 15) is 13.2 Å². The Morgan fingerprint density at radius 3 is 2.41 bits per heavy atom. The molecule has 8 heteroatoms. The maximum absolute atomic E-state index is 12.4. The van der Waals surface area contributed by atoms with Crippen molar-refractivity contribution in [3.05, 3.63) is 29.8 Å². The zero-order valence-corrected chi connectivity index (χ0v) is 18.2. The van der Waals surface area contributed by atoms with Crippen molar-refractivity contribution in [3.8, 4) is 0 Å². The molecule has 2 heterocycles. The summed E-state index contributed by atoms with van der Waals surface area (Å²) >= 11 is 1.51. The van der Waals surface area contributed by atoms with Crippen LogP contribution in [0.25, 0.3) is 0 Å². The number of nitrogens with zero attached hydrogens (tertiary/aromatic N) is 1. The van der Waals surface area contributed by atoms with Crippen molar-refractivity contribution in [2.24, 2.45) is 4.99 Å². The Hall–Kier alpha value is -1.54. The zero-order chi connectivity index (χ0) is 20.3. The number of rotatable bonds is 4. The summed E-state index contributed by atoms with van der Waals surface area (Å²) in [6.07, 6.45) is 8.89. The maximum atomic E-state index is 12.4. The number of benzene rings is 1. The summed E-state index contributed by atoms with van der Waals surface area (Å²) in [5, 5.41) is 7.31. The topological polar surface area (TPSA) is 87.6 Å². The number of sulfone groups is 1. The highest BCUT2D eigenvalue weighted by Gasteiger charge is 2.42. The number of hydrogen-bond acceptors (Lipinski definition) is 6. The fraction of sp³-hybridized carbons (Fsp3) is 0.619. The van der Waals surface area contributed by atoms with Crippen LogP contribution in [0.3, 0.4) is 0 Å². The van der Waals surface area contributed by atoms with E-state index in [0.717, 1.165) is 29.3 Å². The van der Waals surface area contributed by atoms with Crippen LogP contribution in [-0.2, 0) is 21.1 Å². The molecule has 6 nitrogen and oxygen atoms in total. The molecule has 1 aromatic rings. The van der Waals surface area contributed by atoms with Gasteiger partial charge in [0.15, 0.2) is 15.0 Å². The smallest absolute Gasteiger partial charge is 0.224 e. The zero-order valence-electron chi connectivity index (χ0n) is 16.6. The van der Waals surface area contributed by atoms with Crippen LogP contribution in [0.1, 0.15) is 50.5 Å². The average Bonchev–Trinajstić information content (AvgIpc) is 3.11. The van der Waals surface area contributed by atoms with Crippen molar-refractivity contribution >= 4 is 38.4 Å². The molecule has 0 spiro atoms. The van der Waals surface area contributed by atoms with Crippen LogP contribution in [0.4, 0.5) is 5.69 Å². The lowest BCUT2D eigenvalue weighted by Crippen LogP contribution is -2.36. The van der Waals surface area contributed by atoms with Crippen molar-refractivity contribution < 1.29 is 13.2 Å². The molecule has 2 N–H and O–H groups in total. The van der Waals surface area contributed by atoms with Gasteiger partial charge in [0.1, 0.15) is 0 Å². The highest BCUT2D eigenvalue weighted by molar-refractivity contribution is 8.15. The Kier molecular flexibility index (Phi) is 6.49. The van der Waals surface area contributed by atoms with Crippen LogP contribution < -0.4 is 10.6 Å². The first kappa shape index (κ1) is 20.7. The van der Waals surface area contributed by atoms with Gasteiger partial charge in [0.25, 0.3) is 0 Å². The molecule has 29 heavy (non-hydrogen) atoms. The first-order valence-corrected chi connectivity index (χ1v) is 13.3. The Morgan fingerprint density at radius 1 is 1.03 bits per heavy atom. The second-order valence-electron chi connectivity index (χ2n) is 8.34. The molecule has 1 aliphatic carbocycles. The van der Waals surface area contributed by atoms with Gasteiger partial charge in [-0.3, -0.25) is 9.79 Å². The molecule has 0 aromatic heterocycles. The first-order chi connectivity index (χ1) is 14.0. The summed E-state index contributed by atoms with van der Waals surface area (Å²) in [6.45, 7) is 0. The predicted molar refractivity (Wildman–Crippen MR) is 119 cm³/mol. The van der Waals surface area contributed by atoms with Crippen LogP contribution in [-0.4, -0.2) is 48.3 Å². The molecule has 158 valence electrons. The van der Waals surface area contributed by atoms with Gasteiger partial charge in [0.2, 0.25) is 5.91 Å². The number of fused-ring (bicyclic) bond motifs is 1. The van der Waals surface area contributed by atoms with Gasteiger partial charge in [-0.05, 0) is 30.5 Å². The summed E-state index contributed by atoms with van der Waals surface area (Å²) in [6, 6.07) is 8.03. The van der Waals surface area contributed by atoms with Crippen LogP contribution in [0.5, 0.6) is 0 Å². The van der Waals surface area contributed by atoms with E-state index in [-0.39, 0.29) is 28.7 Å². The molecule has 3 aliphatic rings. The Labute approximate surface area is 177 Å². The van der Waals surface area contributed by atoms with Gasteiger partial charge in [0, 0.05) is 17.0 Å². The van der Waals surface area contributed by atoms with E-state index in [1.807, 2.05) is 24.3 Å². The third-order valence-corrected chi connectivity index (χ3v) is 9.00. The number of carbonyl (C=O) groups excluding carboxylic acids is 1. The fourth-order valence-electron chi connectivity index (χ4n) is 4.31. The number of amides is 1. The van der Waals surface area contributed by atoms with Gasteiger partial charge in [0.05, 0.1) is 24.0 Å². The predicted octanol–water partition coefficient (Wildman–Crippen LogP) is 3.14. The number of aliphatic imine (C=N–C) groups is 1. The van der Waals surface area contributed by atoms with E-state index in [1.54, 1.807) is 0 Å². The van der Waals surface area contributed by atoms with Gasteiger partial charge in [-0.15, -0.1) is 0 Å². The number of amidine groups is 1. The van der Waals surface area contributed by atoms with E-state index in [1.165, 1.54) is 43.9 Å². The van der Waals surface area contributed by atoms with Gasteiger partial charge in [-0.2, -0.15) is 0 Å². The molecule has 4 rings (SSSR count). The Bertz CT molecular complexity index is 860. The van der Waals surface area contributed by atoms with Crippen LogP contribution in [0.15, 0.2) is 29.3 Å². The quantitative estimate of drug-likeness (QED) is 0.759. The van der Waals surface area contributed by atoms with Gasteiger partial charge in [-0.25, -0.2) is 8.42 Å². The number of carbonyl (C=O) groups is 1. The van der Waals surface area contributed by atoms with E-state index in [2.05, 4.69) is 15.6 Å². The summed E-state index contributed by atoms with van der Waals surface area (Å²) in [5.74, 6) is 0.470. The van der Waals surface area contributed by atoms with E-state index in [4.69, 9.17) is 0 Å². The second kappa shape index (κ2) is 9.08. The van der Waals surface area contributed by atoms with Crippen LogP contribution in [0.2, 0.25) is 0 Å². The van der Waals surface area contributed by atoms with Gasteiger partial charge >= 0.3 is 0 Å². The normalized spacial score (nSPS) is 26.8. The van der Waals surface area contributed by atoms with Gasteiger partial charge < -0.3 is 10.6 Å². The highest BCUT2D eigenvalue weighted by Crippen LogP contribution is 2.34. The molecule has 2 fully saturated rings. The molecule has 1 saturated heterocycles. The third-order valence-electron chi connectivity index (χ3n) is 5.86. The van der Waals surface area contributed by atoms with Crippen LogP contribution >= 0.6 is 11.8 Å². The fourth-order valence-corrected chi connectivity index (χ4v) is 7.99. The molecule has 1 saturated carbocycles. The van der Waals surface area contributed by atoms with Crippen molar-refractivity contribution in [1.29, 1.82) is 0 Å². The lowest BCUT2D eigenvalue weighted by Gasteiger charge is -2.21. The van der Waals surface area contributed by atoms with Crippen molar-refractivity contribution in [2.45, 2.75) is 68.7 Å². The van der Waals surface area contributed by atoms with Crippen molar-refractivity contribution in [3.63, 3.8) is 0 Å². The van der Waals surface area contributed by atoms with E-state index >= 15 is 0 Å². The minimum absolute atomic E-state index is 0.0405. The summed E-state index contributed by atoms with van der Waals surface area (Å²) in [4.78, 5) is 16.9. The molecule has 2 atom stereocenters. The molecule has 1 amide bonds. The van der Waals surface area contributed by atoms with Crippen LogP contribution in [0, 0.1) is 0 Å². The maximum Gasteiger partial charge on any atom is 0.224 e. The molecule has 1 aromatic carbocycles. The molecule has 0 bridgehead atoms. The van der Waals surface area contributed by atoms with Gasteiger partial charge in [-0.1, -0.05) is 56.0 Å². The number of anilines is 1. The molecule has 0 unspecified atom stereocenters. The molecule has 2 aliphatic heterocycles. The Balaban J connectivity index is 1.26. The average molecular weight is 436 g/mol. The monoisotopic (exact) mass is 435 g/mol. The Morgan fingerprint density at radius 2 is 1.72 bits per heavy atom. The summed E-state index contributed by atoms with van der Waals surface area (Å²) < 4.78 is 23.3. The molecule has 0 radical (unpaired) electrons. The van der Waals surface area contributed by atoms with E-state index < -0.39 is 9.84 Å². The lowest BCUT2D eigenvalue weighted by atomic mass is 9.96.